The largest absolute Gasteiger partial charge is 0.480 e. The topological polar surface area (TPSA) is 85.2 Å². The summed E-state index contributed by atoms with van der Waals surface area (Å²) in [5.74, 6) is -0.853. The highest BCUT2D eigenvalue weighted by Crippen LogP contribution is 2.03. The van der Waals surface area contributed by atoms with Crippen molar-refractivity contribution in [3.63, 3.8) is 0 Å². The fraction of sp³-hybridized carbons (Fsp3) is 0.125. The van der Waals surface area contributed by atoms with Crippen molar-refractivity contribution in [2.75, 3.05) is 23.7 Å². The molecular weight excluding hydrogens is 266 g/mol. The molecule has 0 aliphatic rings. The van der Waals surface area contributed by atoms with E-state index >= 15 is 0 Å². The molecule has 0 saturated carbocycles. The zero-order valence-electron chi connectivity index (χ0n) is 11.5. The number of nitriles is 1. The van der Waals surface area contributed by atoms with E-state index in [1.807, 2.05) is 66.7 Å². The Bertz CT molecular complexity index is 565. The zero-order chi connectivity index (χ0) is 15.3. The average Bonchev–Trinajstić information content (AvgIpc) is 2.53. The molecule has 0 spiro atoms. The molecule has 0 heterocycles. The molecular formula is C16H17N3O2. The van der Waals surface area contributed by atoms with Gasteiger partial charge in [0.2, 0.25) is 0 Å². The molecule has 2 aromatic carbocycles. The van der Waals surface area contributed by atoms with Gasteiger partial charge in [-0.2, -0.15) is 5.26 Å². The van der Waals surface area contributed by atoms with E-state index in [0.29, 0.717) is 6.54 Å². The lowest BCUT2D eigenvalue weighted by molar-refractivity contribution is -0.134. The predicted octanol–water partition coefficient (Wildman–Crippen LogP) is 2.81. The fourth-order valence-electron chi connectivity index (χ4n) is 1.43. The first-order valence-electron chi connectivity index (χ1n) is 6.39. The normalized spacial score (nSPS) is 8.71. The Balaban J connectivity index is 0.000000211. The lowest BCUT2D eigenvalue weighted by Gasteiger charge is -2.00. The number of anilines is 2. The third-order valence-corrected chi connectivity index (χ3v) is 2.36. The maximum absolute atomic E-state index is 10.1. The smallest absolute Gasteiger partial charge is 0.322 e. The summed E-state index contributed by atoms with van der Waals surface area (Å²) in [5.41, 5.74) is 1.82. The molecule has 2 aromatic rings. The minimum Gasteiger partial charge on any atom is -0.480 e. The third kappa shape index (κ3) is 7.90. The molecule has 0 aromatic heterocycles. The molecule has 0 saturated heterocycles. The second kappa shape index (κ2) is 9.87. The first-order chi connectivity index (χ1) is 10.2. The van der Waals surface area contributed by atoms with Gasteiger partial charge < -0.3 is 15.7 Å². The number of nitrogens with one attached hydrogen (secondary N) is 2. The Labute approximate surface area is 123 Å². The summed E-state index contributed by atoms with van der Waals surface area (Å²) in [7, 11) is 0. The molecule has 0 atom stereocenters. The molecule has 5 heteroatoms. The van der Waals surface area contributed by atoms with Gasteiger partial charge in [0.05, 0.1) is 6.07 Å². The second-order valence-corrected chi connectivity index (χ2v) is 3.99. The van der Waals surface area contributed by atoms with E-state index in [2.05, 4.69) is 10.6 Å². The van der Waals surface area contributed by atoms with E-state index in [-0.39, 0.29) is 6.54 Å². The van der Waals surface area contributed by atoms with E-state index in [0.717, 1.165) is 11.4 Å². The maximum atomic E-state index is 10.1. The van der Waals surface area contributed by atoms with Crippen LogP contribution in [0.15, 0.2) is 60.7 Å². The van der Waals surface area contributed by atoms with Crippen molar-refractivity contribution in [3.8, 4) is 6.07 Å². The minimum atomic E-state index is -0.853. The van der Waals surface area contributed by atoms with Crippen molar-refractivity contribution in [1.29, 1.82) is 5.26 Å². The van der Waals surface area contributed by atoms with Crippen LogP contribution >= 0.6 is 0 Å². The van der Waals surface area contributed by atoms with Gasteiger partial charge in [0, 0.05) is 11.4 Å². The summed E-state index contributed by atoms with van der Waals surface area (Å²) < 4.78 is 0. The zero-order valence-corrected chi connectivity index (χ0v) is 11.5. The molecule has 0 aliphatic carbocycles. The van der Waals surface area contributed by atoms with Gasteiger partial charge in [-0.1, -0.05) is 36.4 Å². The number of nitrogens with zero attached hydrogens (tertiary/aromatic N) is 1. The third-order valence-electron chi connectivity index (χ3n) is 2.36. The number of aliphatic carboxylic acids is 1. The van der Waals surface area contributed by atoms with E-state index in [1.165, 1.54) is 0 Å². The summed E-state index contributed by atoms with van der Waals surface area (Å²) in [6, 6.07) is 20.9. The van der Waals surface area contributed by atoms with E-state index in [1.54, 1.807) is 0 Å². The van der Waals surface area contributed by atoms with E-state index < -0.39 is 5.97 Å². The molecule has 0 unspecified atom stereocenters. The maximum Gasteiger partial charge on any atom is 0.322 e. The number of carbonyl (C=O) groups is 1. The van der Waals surface area contributed by atoms with Crippen molar-refractivity contribution in [2.45, 2.75) is 0 Å². The second-order valence-electron chi connectivity index (χ2n) is 3.99. The summed E-state index contributed by atoms with van der Waals surface area (Å²) in [4.78, 5) is 10.1. The highest BCUT2D eigenvalue weighted by atomic mass is 16.4. The Hall–Kier alpha value is -3.00. The number of hydrogen-bond donors (Lipinski definition) is 3. The first-order valence-corrected chi connectivity index (χ1v) is 6.39. The number of carboxylic acid groups (broad SMARTS) is 1. The fourth-order valence-corrected chi connectivity index (χ4v) is 1.43. The molecule has 0 radical (unpaired) electrons. The van der Waals surface area contributed by atoms with Crippen LogP contribution in [0.2, 0.25) is 0 Å². The molecule has 0 bridgehead atoms. The minimum absolute atomic E-state index is 0.0377. The summed E-state index contributed by atoms with van der Waals surface area (Å²) in [6.45, 7) is 0.327. The predicted molar refractivity (Wildman–Crippen MR) is 83.1 cm³/mol. The van der Waals surface area contributed by atoms with Gasteiger partial charge in [-0.05, 0) is 24.3 Å². The van der Waals surface area contributed by atoms with Crippen molar-refractivity contribution in [2.24, 2.45) is 0 Å². The molecule has 21 heavy (non-hydrogen) atoms. The molecule has 0 aliphatic heterocycles. The standard InChI is InChI=1S/C8H8N2.C8H9NO2/c9-6-7-10-8-4-2-1-3-5-8;10-8(11)6-9-7-4-2-1-3-5-7/h1-5,10H,7H2;1-5,9H,6H2,(H,10,11). The highest BCUT2D eigenvalue weighted by molar-refractivity contribution is 5.72. The molecule has 5 nitrogen and oxygen atoms in total. The quantitative estimate of drug-likeness (QED) is 0.735. The van der Waals surface area contributed by atoms with Crippen LogP contribution in [-0.4, -0.2) is 24.2 Å². The Morgan fingerprint density at radius 2 is 1.43 bits per heavy atom. The average molecular weight is 283 g/mol. The number of rotatable bonds is 5. The van der Waals surface area contributed by atoms with Gasteiger partial charge in [-0.15, -0.1) is 0 Å². The summed E-state index contributed by atoms with van der Waals surface area (Å²) in [6.07, 6.45) is 0. The van der Waals surface area contributed by atoms with Gasteiger partial charge in [0.1, 0.15) is 13.1 Å². The highest BCUT2D eigenvalue weighted by Gasteiger charge is 1.94. The van der Waals surface area contributed by atoms with E-state index in [4.69, 9.17) is 10.4 Å². The van der Waals surface area contributed by atoms with Crippen LogP contribution in [0.25, 0.3) is 0 Å². The van der Waals surface area contributed by atoms with Crippen molar-refractivity contribution in [1.82, 2.24) is 0 Å². The van der Waals surface area contributed by atoms with Crippen LogP contribution in [0.5, 0.6) is 0 Å². The Morgan fingerprint density at radius 3 is 1.86 bits per heavy atom. The first kappa shape index (κ1) is 16.1. The van der Waals surface area contributed by atoms with Crippen LogP contribution in [0.4, 0.5) is 11.4 Å². The lowest BCUT2D eigenvalue weighted by atomic mass is 10.3. The summed E-state index contributed by atoms with van der Waals surface area (Å²) in [5, 5.41) is 22.2. The van der Waals surface area contributed by atoms with E-state index in [9.17, 15) is 4.79 Å². The molecule has 2 rings (SSSR count). The molecule has 108 valence electrons. The Morgan fingerprint density at radius 1 is 0.952 bits per heavy atom. The van der Waals surface area contributed by atoms with Gasteiger partial charge in [-0.3, -0.25) is 4.79 Å². The van der Waals surface area contributed by atoms with Gasteiger partial charge >= 0.3 is 5.97 Å². The Kier molecular flexibility index (Phi) is 7.54. The van der Waals surface area contributed by atoms with Gasteiger partial charge in [-0.25, -0.2) is 0 Å². The van der Waals surface area contributed by atoms with Crippen LogP contribution in [0, 0.1) is 11.3 Å². The molecule has 0 amide bonds. The van der Waals surface area contributed by atoms with Crippen LogP contribution in [0.1, 0.15) is 0 Å². The lowest BCUT2D eigenvalue weighted by Crippen LogP contribution is -2.11. The van der Waals surface area contributed by atoms with Gasteiger partial charge in [0.15, 0.2) is 0 Å². The number of para-hydroxylation sites is 2. The van der Waals surface area contributed by atoms with Gasteiger partial charge in [0.25, 0.3) is 0 Å². The molecule has 3 N–H and O–H groups in total. The SMILES string of the molecule is N#CCNc1ccccc1.O=C(O)CNc1ccccc1. The molecule has 0 fully saturated rings. The van der Waals surface area contributed by atoms with Crippen LogP contribution in [-0.2, 0) is 4.79 Å². The van der Waals surface area contributed by atoms with Crippen molar-refractivity contribution >= 4 is 17.3 Å². The summed E-state index contributed by atoms with van der Waals surface area (Å²) >= 11 is 0. The van der Waals surface area contributed by atoms with Crippen molar-refractivity contribution < 1.29 is 9.90 Å². The number of hydrogen-bond acceptors (Lipinski definition) is 4. The van der Waals surface area contributed by atoms with Crippen molar-refractivity contribution in [3.05, 3.63) is 60.7 Å². The number of carboxylic acids is 1. The number of benzene rings is 2. The van der Waals surface area contributed by atoms with Crippen LogP contribution in [0.3, 0.4) is 0 Å². The van der Waals surface area contributed by atoms with Crippen LogP contribution < -0.4 is 10.6 Å². The monoisotopic (exact) mass is 283 g/mol.